The fourth-order valence-electron chi connectivity index (χ4n) is 2.50. The third kappa shape index (κ3) is 2.32. The van der Waals surface area contributed by atoms with E-state index in [2.05, 4.69) is 40.2 Å². The normalized spacial score (nSPS) is 18.4. The van der Waals surface area contributed by atoms with Gasteiger partial charge in [0.05, 0.1) is 0 Å². The summed E-state index contributed by atoms with van der Waals surface area (Å²) in [6.07, 6.45) is 2.79. The second-order valence-electron chi connectivity index (χ2n) is 4.80. The van der Waals surface area contributed by atoms with Gasteiger partial charge in [0.2, 0.25) is 5.89 Å². The van der Waals surface area contributed by atoms with Crippen molar-refractivity contribution in [1.29, 1.82) is 0 Å². The molecular formula is C14H16ClN3O. The molecule has 1 aromatic carbocycles. The van der Waals surface area contributed by atoms with Gasteiger partial charge in [-0.1, -0.05) is 23.3 Å². The highest BCUT2D eigenvalue weighted by atomic mass is 35.5. The molecule has 1 aliphatic rings. The first-order valence-electron chi connectivity index (χ1n) is 6.55. The van der Waals surface area contributed by atoms with E-state index in [0.29, 0.717) is 30.2 Å². The summed E-state index contributed by atoms with van der Waals surface area (Å²) in [5.74, 6) is 1.09. The topological polar surface area (TPSA) is 42.2 Å². The van der Waals surface area contributed by atoms with Crippen LogP contribution in [0.1, 0.15) is 24.8 Å². The summed E-state index contributed by atoms with van der Waals surface area (Å²) < 4.78 is 5.71. The van der Waals surface area contributed by atoms with Crippen molar-refractivity contribution in [2.24, 2.45) is 0 Å². The Morgan fingerprint density at radius 1 is 1.37 bits per heavy atom. The Labute approximate surface area is 117 Å². The lowest BCUT2D eigenvalue weighted by molar-refractivity contribution is 0.477. The van der Waals surface area contributed by atoms with Crippen LogP contribution in [-0.2, 0) is 12.8 Å². The van der Waals surface area contributed by atoms with E-state index in [4.69, 9.17) is 16.0 Å². The van der Waals surface area contributed by atoms with Crippen LogP contribution >= 0.6 is 11.6 Å². The number of halogens is 1. The van der Waals surface area contributed by atoms with Gasteiger partial charge in [0, 0.05) is 24.0 Å². The van der Waals surface area contributed by atoms with Crippen LogP contribution in [0.4, 0.5) is 11.7 Å². The first-order valence-corrected chi connectivity index (χ1v) is 7.08. The molecule has 5 heteroatoms. The summed E-state index contributed by atoms with van der Waals surface area (Å²) in [5.41, 5.74) is 2.50. The van der Waals surface area contributed by atoms with Gasteiger partial charge >= 0.3 is 6.01 Å². The molecule has 0 amide bonds. The zero-order valence-electron chi connectivity index (χ0n) is 10.8. The molecule has 1 aliphatic heterocycles. The Kier molecular flexibility index (Phi) is 3.42. The number of aryl methyl sites for hydroxylation is 2. The lowest BCUT2D eigenvalue weighted by Gasteiger charge is -2.33. The summed E-state index contributed by atoms with van der Waals surface area (Å²) in [6, 6.07) is 9.30. The minimum absolute atomic E-state index is 0.360. The standard InChI is InChI=1S/C14H16ClN3O/c1-10-6-7-11-4-2-3-5-12(11)18(10)14-17-16-13(19-14)8-9-15/h2-5,10H,6-9H2,1H3. The molecule has 2 aromatic rings. The van der Waals surface area contributed by atoms with Crippen molar-refractivity contribution in [1.82, 2.24) is 10.2 Å². The van der Waals surface area contributed by atoms with E-state index in [1.807, 2.05) is 6.07 Å². The summed E-state index contributed by atoms with van der Waals surface area (Å²) in [5, 5.41) is 8.20. The van der Waals surface area contributed by atoms with Crippen molar-refractivity contribution in [3.8, 4) is 0 Å². The number of anilines is 2. The summed E-state index contributed by atoms with van der Waals surface area (Å²) in [4.78, 5) is 2.13. The van der Waals surface area contributed by atoms with Gasteiger partial charge in [-0.15, -0.1) is 16.7 Å². The molecule has 0 radical (unpaired) electrons. The smallest absolute Gasteiger partial charge is 0.323 e. The maximum absolute atomic E-state index is 5.71. The molecule has 4 nitrogen and oxygen atoms in total. The molecule has 0 fully saturated rings. The number of para-hydroxylation sites is 1. The molecule has 2 heterocycles. The molecule has 100 valence electrons. The van der Waals surface area contributed by atoms with Crippen LogP contribution in [-0.4, -0.2) is 22.1 Å². The van der Waals surface area contributed by atoms with Crippen LogP contribution in [0.2, 0.25) is 0 Å². The Bertz CT molecular complexity index is 569. The van der Waals surface area contributed by atoms with Crippen molar-refractivity contribution in [3.05, 3.63) is 35.7 Å². The highest BCUT2D eigenvalue weighted by Crippen LogP contribution is 2.35. The second kappa shape index (κ2) is 5.21. The number of alkyl halides is 1. The SMILES string of the molecule is CC1CCc2ccccc2N1c1nnc(CCCl)o1. The molecule has 3 rings (SSSR count). The number of aromatic nitrogens is 2. The molecule has 0 N–H and O–H groups in total. The Balaban J connectivity index is 1.98. The van der Waals surface area contributed by atoms with Crippen LogP contribution in [0, 0.1) is 0 Å². The maximum Gasteiger partial charge on any atom is 0.323 e. The van der Waals surface area contributed by atoms with E-state index in [9.17, 15) is 0 Å². The molecule has 19 heavy (non-hydrogen) atoms. The van der Waals surface area contributed by atoms with E-state index in [0.717, 1.165) is 12.8 Å². The predicted octanol–water partition coefficient (Wildman–Crippen LogP) is 3.32. The Hall–Kier alpha value is -1.55. The van der Waals surface area contributed by atoms with Crippen LogP contribution in [0.5, 0.6) is 0 Å². The Morgan fingerprint density at radius 3 is 3.05 bits per heavy atom. The van der Waals surface area contributed by atoms with Gasteiger partial charge in [0.1, 0.15) is 0 Å². The molecule has 0 saturated heterocycles. The van der Waals surface area contributed by atoms with Gasteiger partial charge in [-0.25, -0.2) is 0 Å². The number of hydrogen-bond acceptors (Lipinski definition) is 4. The number of benzene rings is 1. The molecule has 0 saturated carbocycles. The average molecular weight is 278 g/mol. The fraction of sp³-hybridized carbons (Fsp3) is 0.429. The summed E-state index contributed by atoms with van der Waals surface area (Å²) in [6.45, 7) is 2.18. The van der Waals surface area contributed by atoms with Gasteiger partial charge in [-0.3, -0.25) is 4.90 Å². The molecule has 1 unspecified atom stereocenters. The van der Waals surface area contributed by atoms with Gasteiger partial charge in [0.15, 0.2) is 0 Å². The minimum Gasteiger partial charge on any atom is -0.408 e. The molecule has 1 atom stereocenters. The van der Waals surface area contributed by atoms with Crippen molar-refractivity contribution < 1.29 is 4.42 Å². The van der Waals surface area contributed by atoms with E-state index in [-0.39, 0.29) is 0 Å². The number of hydrogen-bond donors (Lipinski definition) is 0. The molecular weight excluding hydrogens is 262 g/mol. The lowest BCUT2D eigenvalue weighted by Crippen LogP contribution is -2.33. The molecule has 0 bridgehead atoms. The first-order chi connectivity index (χ1) is 9.29. The van der Waals surface area contributed by atoms with E-state index >= 15 is 0 Å². The zero-order valence-corrected chi connectivity index (χ0v) is 11.6. The van der Waals surface area contributed by atoms with Crippen molar-refractivity contribution in [2.75, 3.05) is 10.8 Å². The first kappa shape index (κ1) is 12.5. The number of nitrogens with zero attached hydrogens (tertiary/aromatic N) is 3. The van der Waals surface area contributed by atoms with Crippen LogP contribution in [0.25, 0.3) is 0 Å². The van der Waals surface area contributed by atoms with Crippen molar-refractivity contribution in [2.45, 2.75) is 32.2 Å². The van der Waals surface area contributed by atoms with Gasteiger partial charge in [-0.2, -0.15) is 0 Å². The second-order valence-corrected chi connectivity index (χ2v) is 5.18. The Morgan fingerprint density at radius 2 is 2.21 bits per heavy atom. The monoisotopic (exact) mass is 277 g/mol. The lowest BCUT2D eigenvalue weighted by atomic mass is 9.97. The van der Waals surface area contributed by atoms with Gasteiger partial charge < -0.3 is 4.42 Å². The largest absolute Gasteiger partial charge is 0.408 e. The molecule has 0 aliphatic carbocycles. The molecule has 1 aromatic heterocycles. The number of rotatable bonds is 3. The third-order valence-corrected chi connectivity index (χ3v) is 3.68. The quantitative estimate of drug-likeness (QED) is 0.807. The number of fused-ring (bicyclic) bond motifs is 1. The predicted molar refractivity (Wildman–Crippen MR) is 75.1 cm³/mol. The van der Waals surface area contributed by atoms with Crippen LogP contribution in [0.3, 0.4) is 0 Å². The fourth-order valence-corrected chi connectivity index (χ4v) is 2.67. The summed E-state index contributed by atoms with van der Waals surface area (Å²) >= 11 is 5.70. The maximum atomic E-state index is 5.71. The highest BCUT2D eigenvalue weighted by molar-refractivity contribution is 6.17. The van der Waals surface area contributed by atoms with E-state index in [1.165, 1.54) is 11.3 Å². The average Bonchev–Trinajstić information content (AvgIpc) is 2.87. The minimum atomic E-state index is 0.360. The van der Waals surface area contributed by atoms with E-state index < -0.39 is 0 Å². The third-order valence-electron chi connectivity index (χ3n) is 3.49. The van der Waals surface area contributed by atoms with E-state index in [1.54, 1.807) is 0 Å². The van der Waals surface area contributed by atoms with Gasteiger partial charge in [-0.05, 0) is 31.4 Å². The highest BCUT2D eigenvalue weighted by Gasteiger charge is 2.27. The van der Waals surface area contributed by atoms with Crippen molar-refractivity contribution >= 4 is 23.3 Å². The van der Waals surface area contributed by atoms with Crippen LogP contribution in [0.15, 0.2) is 28.7 Å². The summed E-state index contributed by atoms with van der Waals surface area (Å²) in [7, 11) is 0. The van der Waals surface area contributed by atoms with Gasteiger partial charge in [0.25, 0.3) is 0 Å². The van der Waals surface area contributed by atoms with Crippen LogP contribution < -0.4 is 4.90 Å². The van der Waals surface area contributed by atoms with Crippen molar-refractivity contribution in [3.63, 3.8) is 0 Å². The molecule has 0 spiro atoms. The zero-order chi connectivity index (χ0) is 13.2.